The number of rotatable bonds is 3. The van der Waals surface area contributed by atoms with E-state index in [4.69, 9.17) is 0 Å². The first kappa shape index (κ1) is 13.2. The van der Waals surface area contributed by atoms with Gasteiger partial charge in [0.05, 0.1) is 6.33 Å². The van der Waals surface area contributed by atoms with Gasteiger partial charge >= 0.3 is 0 Å². The Morgan fingerprint density at radius 1 is 1.26 bits per heavy atom. The molecule has 3 rings (SSSR count). The quantitative estimate of drug-likeness (QED) is 0.904. The van der Waals surface area contributed by atoms with Crippen LogP contribution >= 0.6 is 0 Å². The lowest BCUT2D eigenvalue weighted by Crippen LogP contribution is -2.37. The van der Waals surface area contributed by atoms with Crippen LogP contribution in [0.2, 0.25) is 0 Å². The van der Waals surface area contributed by atoms with Gasteiger partial charge < -0.3 is 9.88 Å². The number of nitrogens with zero attached hydrogens (tertiary/aromatic N) is 2. The second-order valence-corrected chi connectivity index (χ2v) is 6.84. The fraction of sp³-hybridized carbons (Fsp3) is 0.812. The molecule has 0 bridgehead atoms. The van der Waals surface area contributed by atoms with Crippen molar-refractivity contribution in [1.29, 1.82) is 0 Å². The first-order valence-electron chi connectivity index (χ1n) is 7.98. The molecule has 0 amide bonds. The van der Waals surface area contributed by atoms with Crippen molar-refractivity contribution in [3.05, 3.63) is 18.2 Å². The zero-order valence-corrected chi connectivity index (χ0v) is 12.2. The lowest BCUT2D eigenvalue weighted by Gasteiger charge is -2.35. The van der Waals surface area contributed by atoms with E-state index in [1.54, 1.807) is 0 Å². The molecule has 0 atom stereocenters. The Morgan fingerprint density at radius 2 is 2.00 bits per heavy atom. The molecule has 2 fully saturated rings. The van der Waals surface area contributed by atoms with Crippen LogP contribution in [0.4, 0.5) is 0 Å². The third-order valence-electron chi connectivity index (χ3n) is 5.13. The average molecular weight is 261 g/mol. The van der Waals surface area contributed by atoms with Crippen LogP contribution in [0.25, 0.3) is 0 Å². The van der Waals surface area contributed by atoms with E-state index in [0.717, 1.165) is 12.5 Å². The van der Waals surface area contributed by atoms with Crippen molar-refractivity contribution >= 4 is 0 Å². The summed E-state index contributed by atoms with van der Waals surface area (Å²) in [6.07, 6.45) is 13.7. The molecule has 1 saturated carbocycles. The summed E-state index contributed by atoms with van der Waals surface area (Å²) in [4.78, 5) is 4.44. The molecule has 0 radical (unpaired) electrons. The Labute approximate surface area is 116 Å². The van der Waals surface area contributed by atoms with Crippen molar-refractivity contribution in [2.45, 2.75) is 64.3 Å². The van der Waals surface area contributed by atoms with E-state index in [1.807, 2.05) is 0 Å². The van der Waals surface area contributed by atoms with E-state index >= 15 is 0 Å². The molecule has 0 aromatic carbocycles. The van der Waals surface area contributed by atoms with E-state index in [0.29, 0.717) is 5.41 Å². The van der Waals surface area contributed by atoms with Crippen LogP contribution in [-0.4, -0.2) is 22.6 Å². The number of hydrogen-bond acceptors (Lipinski definition) is 2. The fourth-order valence-corrected chi connectivity index (χ4v) is 3.80. The van der Waals surface area contributed by atoms with Gasteiger partial charge in [0.1, 0.15) is 0 Å². The minimum atomic E-state index is 0.454. The van der Waals surface area contributed by atoms with Crippen molar-refractivity contribution in [3.63, 3.8) is 0 Å². The van der Waals surface area contributed by atoms with Crippen molar-refractivity contribution in [2.24, 2.45) is 5.41 Å². The lowest BCUT2D eigenvalue weighted by molar-refractivity contribution is 0.191. The van der Waals surface area contributed by atoms with Gasteiger partial charge in [-0.1, -0.05) is 26.2 Å². The molecule has 3 nitrogen and oxygen atoms in total. The number of piperidine rings is 1. The molecule has 2 aliphatic rings. The van der Waals surface area contributed by atoms with E-state index in [2.05, 4.69) is 34.3 Å². The summed E-state index contributed by atoms with van der Waals surface area (Å²) in [5.41, 5.74) is 1.95. The minimum absolute atomic E-state index is 0.454. The van der Waals surface area contributed by atoms with Gasteiger partial charge in [0.2, 0.25) is 0 Å². The van der Waals surface area contributed by atoms with Crippen molar-refractivity contribution in [1.82, 2.24) is 14.9 Å². The van der Waals surface area contributed by atoms with Gasteiger partial charge in [-0.3, -0.25) is 0 Å². The van der Waals surface area contributed by atoms with Gasteiger partial charge in [0.15, 0.2) is 0 Å². The number of aromatic nitrogens is 2. The minimum Gasteiger partial charge on any atom is -0.334 e. The highest BCUT2D eigenvalue weighted by Crippen LogP contribution is 2.35. The fourth-order valence-electron chi connectivity index (χ4n) is 3.80. The van der Waals surface area contributed by atoms with E-state index in [-0.39, 0.29) is 0 Å². The summed E-state index contributed by atoms with van der Waals surface area (Å²) in [5.74, 6) is 0.765. The molecule has 2 heterocycles. The van der Waals surface area contributed by atoms with E-state index in [1.165, 1.54) is 63.7 Å². The Balaban J connectivity index is 1.72. The van der Waals surface area contributed by atoms with Crippen molar-refractivity contribution in [3.8, 4) is 0 Å². The van der Waals surface area contributed by atoms with Crippen molar-refractivity contribution < 1.29 is 0 Å². The highest BCUT2D eigenvalue weighted by Gasteiger charge is 2.29. The van der Waals surface area contributed by atoms with Gasteiger partial charge in [0, 0.05) is 24.4 Å². The standard InChI is InChI=1S/C16H27N3/c1-16(7-9-17-10-8-16)12-19-13-18-11-15(19)14-5-3-2-4-6-14/h11,13-14,17H,2-10,12H2,1H3. The molecule has 1 aromatic rings. The highest BCUT2D eigenvalue weighted by atomic mass is 15.1. The molecule has 1 aliphatic carbocycles. The molecule has 19 heavy (non-hydrogen) atoms. The molecule has 106 valence electrons. The van der Waals surface area contributed by atoms with Crippen LogP contribution in [0.3, 0.4) is 0 Å². The molecule has 1 saturated heterocycles. The first-order chi connectivity index (χ1) is 9.27. The third kappa shape index (κ3) is 3.02. The van der Waals surface area contributed by atoms with Crippen LogP contribution in [0.1, 0.15) is 63.5 Å². The molecule has 1 aliphatic heterocycles. The van der Waals surface area contributed by atoms with Gasteiger partial charge in [-0.25, -0.2) is 4.98 Å². The largest absolute Gasteiger partial charge is 0.334 e. The zero-order valence-electron chi connectivity index (χ0n) is 12.2. The van der Waals surface area contributed by atoms with E-state index in [9.17, 15) is 0 Å². The maximum absolute atomic E-state index is 4.44. The molecule has 1 aromatic heterocycles. The second-order valence-electron chi connectivity index (χ2n) is 6.84. The molecular weight excluding hydrogens is 234 g/mol. The van der Waals surface area contributed by atoms with Crippen LogP contribution in [0, 0.1) is 5.41 Å². The topological polar surface area (TPSA) is 29.9 Å². The monoisotopic (exact) mass is 261 g/mol. The van der Waals surface area contributed by atoms with Gasteiger partial charge in [-0.05, 0) is 44.2 Å². The highest BCUT2D eigenvalue weighted by molar-refractivity contribution is 5.08. The van der Waals surface area contributed by atoms with Crippen LogP contribution in [-0.2, 0) is 6.54 Å². The van der Waals surface area contributed by atoms with Crippen LogP contribution < -0.4 is 5.32 Å². The Bertz CT molecular complexity index is 398. The van der Waals surface area contributed by atoms with Gasteiger partial charge in [-0.2, -0.15) is 0 Å². The van der Waals surface area contributed by atoms with E-state index < -0.39 is 0 Å². The average Bonchev–Trinajstić information content (AvgIpc) is 2.88. The predicted molar refractivity (Wildman–Crippen MR) is 78.3 cm³/mol. The first-order valence-corrected chi connectivity index (χ1v) is 7.98. The third-order valence-corrected chi connectivity index (χ3v) is 5.13. The Hall–Kier alpha value is -0.830. The Morgan fingerprint density at radius 3 is 2.74 bits per heavy atom. The Kier molecular flexibility index (Phi) is 3.92. The summed E-state index contributed by atoms with van der Waals surface area (Å²) in [6.45, 7) is 5.94. The number of imidazole rings is 1. The summed E-state index contributed by atoms with van der Waals surface area (Å²) in [5, 5.41) is 3.47. The molecule has 0 unspecified atom stereocenters. The number of nitrogens with one attached hydrogen (secondary N) is 1. The van der Waals surface area contributed by atoms with Crippen LogP contribution in [0.5, 0.6) is 0 Å². The summed E-state index contributed by atoms with van der Waals surface area (Å²) < 4.78 is 2.46. The van der Waals surface area contributed by atoms with Gasteiger partial charge in [-0.15, -0.1) is 0 Å². The van der Waals surface area contributed by atoms with Crippen molar-refractivity contribution in [2.75, 3.05) is 13.1 Å². The summed E-state index contributed by atoms with van der Waals surface area (Å²) >= 11 is 0. The summed E-state index contributed by atoms with van der Waals surface area (Å²) in [6, 6.07) is 0. The molecule has 0 spiro atoms. The second kappa shape index (κ2) is 5.66. The van der Waals surface area contributed by atoms with Crippen LogP contribution in [0.15, 0.2) is 12.5 Å². The summed E-state index contributed by atoms with van der Waals surface area (Å²) in [7, 11) is 0. The molecule has 3 heteroatoms. The lowest BCUT2D eigenvalue weighted by atomic mass is 9.80. The normalized spacial score (nSPS) is 24.5. The molecular formula is C16H27N3. The van der Waals surface area contributed by atoms with Gasteiger partial charge in [0.25, 0.3) is 0 Å². The SMILES string of the molecule is CC1(Cn2cncc2C2CCCCC2)CCNCC1. The number of hydrogen-bond donors (Lipinski definition) is 1. The predicted octanol–water partition coefficient (Wildman–Crippen LogP) is 3.32. The molecule has 1 N–H and O–H groups in total. The zero-order chi connectivity index (χ0) is 13.1. The maximum atomic E-state index is 4.44. The smallest absolute Gasteiger partial charge is 0.0948 e. The maximum Gasteiger partial charge on any atom is 0.0948 e.